The van der Waals surface area contributed by atoms with Crippen molar-refractivity contribution in [3.05, 3.63) is 36.0 Å². The van der Waals surface area contributed by atoms with Gasteiger partial charge >= 0.3 is 29.8 Å². The summed E-state index contributed by atoms with van der Waals surface area (Å²) in [6, 6.07) is 4.79. The molecule has 5 atom stereocenters. The number of nitrogens with one attached hydrogen (secondary N) is 1. The van der Waals surface area contributed by atoms with Gasteiger partial charge in [-0.1, -0.05) is 38.5 Å². The summed E-state index contributed by atoms with van der Waals surface area (Å²) in [6.45, 7) is 3.98. The van der Waals surface area contributed by atoms with Gasteiger partial charge in [0.1, 0.15) is 24.2 Å². The Kier molecular flexibility index (Phi) is 33.0. The predicted octanol–water partition coefficient (Wildman–Crippen LogP) is 0.307. The smallest absolute Gasteiger partial charge is 0.320 e. The lowest BCUT2D eigenvalue weighted by atomic mass is 10.0. The highest BCUT2D eigenvalue weighted by atomic mass is 35.5. The number of hydrogen-bond acceptors (Lipinski definition) is 12. The van der Waals surface area contributed by atoms with Gasteiger partial charge in [-0.05, 0) is 55.4 Å². The van der Waals surface area contributed by atoms with E-state index in [4.69, 9.17) is 54.2 Å². The first kappa shape index (κ1) is 51.3. The maximum absolute atomic E-state index is 10.6. The van der Waals surface area contributed by atoms with Crippen molar-refractivity contribution < 1.29 is 49.5 Å². The first-order chi connectivity index (χ1) is 21.9. The molecule has 0 saturated carbocycles. The Balaban J connectivity index is -0.000000263. The van der Waals surface area contributed by atoms with E-state index in [1.165, 1.54) is 0 Å². The first-order valence-corrected chi connectivity index (χ1v) is 15.9. The van der Waals surface area contributed by atoms with Gasteiger partial charge in [0.2, 0.25) is 0 Å². The molecule has 48 heavy (non-hydrogen) atoms. The Morgan fingerprint density at radius 1 is 0.812 bits per heavy atom. The fraction of sp³-hybridized carbons (Fsp3) is 0.552. The third-order valence-corrected chi connectivity index (χ3v) is 6.78. The summed E-state index contributed by atoms with van der Waals surface area (Å²) in [4.78, 5) is 53.2. The lowest BCUT2D eigenvalue weighted by Gasteiger charge is -2.11. The maximum atomic E-state index is 10.6. The molecule has 278 valence electrons. The Hall–Kier alpha value is -3.49. The molecule has 1 aromatic carbocycles. The lowest BCUT2D eigenvalue weighted by molar-refractivity contribution is -0.140. The number of aromatic amines is 1. The van der Waals surface area contributed by atoms with Crippen LogP contribution in [0.15, 0.2) is 30.5 Å². The summed E-state index contributed by atoms with van der Waals surface area (Å²) in [7, 11) is 0. The number of carboxylic acid groups (broad SMARTS) is 5. The van der Waals surface area contributed by atoms with Crippen molar-refractivity contribution in [3.63, 3.8) is 0 Å². The van der Waals surface area contributed by atoms with Gasteiger partial charge < -0.3 is 64.9 Å². The van der Waals surface area contributed by atoms with E-state index >= 15 is 0 Å². The van der Waals surface area contributed by atoms with Crippen LogP contribution in [0.3, 0.4) is 0 Å². The number of rotatable bonds is 15. The molecule has 0 radical (unpaired) electrons. The van der Waals surface area contributed by atoms with Gasteiger partial charge in [-0.2, -0.15) is 11.8 Å². The SMILES string of the molecule is CC[C@H](C)[C@H](N)C(=O)O.CSCCC(N)C(=O)O.Cl.NCC(=O)O.NCCCC(N)C(=O)O.N[C@@H](Cc1c[nH]c2ccccc12)C(=O)O. The molecule has 0 bridgehead atoms. The summed E-state index contributed by atoms with van der Waals surface area (Å²) >= 11 is 1.60. The molecule has 0 spiro atoms. The Labute approximate surface area is 290 Å². The van der Waals surface area contributed by atoms with Crippen LogP contribution < -0.4 is 34.4 Å². The molecular formula is C29H54ClN7O10S. The fourth-order valence-electron chi connectivity index (χ4n) is 2.95. The highest BCUT2D eigenvalue weighted by Crippen LogP contribution is 2.18. The first-order valence-electron chi connectivity index (χ1n) is 14.5. The van der Waals surface area contributed by atoms with E-state index < -0.39 is 54.0 Å². The number of H-pyrrole nitrogens is 1. The van der Waals surface area contributed by atoms with E-state index in [0.29, 0.717) is 32.2 Å². The normalized spacial score (nSPS) is 12.9. The Bertz CT molecular complexity index is 1170. The zero-order valence-corrected chi connectivity index (χ0v) is 29.1. The molecule has 0 aliphatic heterocycles. The molecular weight excluding hydrogens is 674 g/mol. The fourth-order valence-corrected chi connectivity index (χ4v) is 3.44. The monoisotopic (exact) mass is 727 g/mol. The predicted molar refractivity (Wildman–Crippen MR) is 189 cm³/mol. The number of aliphatic carboxylic acids is 5. The third-order valence-electron chi connectivity index (χ3n) is 6.14. The standard InChI is InChI=1S/C11H12N2O2.C6H13NO2.C5H12N2O2.C5H11NO2S.C2H5NO2.ClH/c12-9(11(14)15)5-7-6-13-10-4-2-1-3-8(7)10;1-3-4(2)5(7)6(8)9;6-3-1-2-4(7)5(8)9;1-9-3-2-4(6)5(7)8;3-1-2(4)5;/h1-4,6,9,13H,5,12H2,(H,14,15);4-5H,3,7H2,1-2H3,(H,8,9);4H,1-3,6-7H2,(H,8,9);4H,2-3,6H2,1H3,(H,7,8);1,3H2,(H,4,5);1H/t9-;4-,5-;;;;/m00..../s1. The number of thioether (sulfide) groups is 1. The van der Waals surface area contributed by atoms with Crippen LogP contribution in [-0.2, 0) is 30.4 Å². The van der Waals surface area contributed by atoms with Gasteiger partial charge in [-0.3, -0.25) is 24.0 Å². The summed E-state index contributed by atoms with van der Waals surface area (Å²) in [6.07, 6.45) is 6.59. The molecule has 19 heteroatoms. The largest absolute Gasteiger partial charge is 0.480 e. The highest BCUT2D eigenvalue weighted by molar-refractivity contribution is 7.98. The molecule has 2 rings (SSSR count). The minimum absolute atomic E-state index is 0. The zero-order valence-electron chi connectivity index (χ0n) is 27.5. The van der Waals surface area contributed by atoms with Crippen LogP contribution in [0.5, 0.6) is 0 Å². The summed E-state index contributed by atoms with van der Waals surface area (Å²) < 4.78 is 0. The van der Waals surface area contributed by atoms with Crippen LogP contribution >= 0.6 is 24.2 Å². The number of aromatic nitrogens is 1. The second kappa shape index (κ2) is 30.8. The molecule has 2 aromatic rings. The van der Waals surface area contributed by atoms with Crippen LogP contribution in [0.25, 0.3) is 10.9 Å². The maximum Gasteiger partial charge on any atom is 0.320 e. The van der Waals surface area contributed by atoms with E-state index in [1.54, 1.807) is 11.8 Å². The van der Waals surface area contributed by atoms with Gasteiger partial charge in [0.25, 0.3) is 0 Å². The van der Waals surface area contributed by atoms with Crippen molar-refractivity contribution in [2.45, 2.75) is 70.1 Å². The minimum Gasteiger partial charge on any atom is -0.480 e. The van der Waals surface area contributed by atoms with E-state index in [2.05, 4.69) is 10.7 Å². The number of halogens is 1. The molecule has 0 saturated heterocycles. The van der Waals surface area contributed by atoms with Crippen LogP contribution in [0.1, 0.15) is 45.1 Å². The van der Waals surface area contributed by atoms with Crippen LogP contribution in [-0.4, -0.2) is 110 Å². The van der Waals surface area contributed by atoms with Crippen LogP contribution in [0.4, 0.5) is 0 Å². The zero-order chi connectivity index (χ0) is 37.1. The van der Waals surface area contributed by atoms with Crippen molar-refractivity contribution in [1.29, 1.82) is 0 Å². The molecule has 0 aliphatic carbocycles. The van der Waals surface area contributed by atoms with Crippen molar-refractivity contribution in [2.24, 2.45) is 40.3 Å². The van der Waals surface area contributed by atoms with E-state index in [1.807, 2.05) is 50.6 Å². The van der Waals surface area contributed by atoms with Gasteiger partial charge in [0.05, 0.1) is 6.54 Å². The molecule has 1 aromatic heterocycles. The summed E-state index contributed by atoms with van der Waals surface area (Å²) in [5.74, 6) is -3.84. The second-order valence-electron chi connectivity index (χ2n) is 9.96. The molecule has 18 N–H and O–H groups in total. The molecule has 1 heterocycles. The number of nitrogens with two attached hydrogens (primary N) is 6. The minimum atomic E-state index is -0.972. The van der Waals surface area contributed by atoms with E-state index in [9.17, 15) is 24.0 Å². The number of hydrogen-bond donors (Lipinski definition) is 12. The topological polar surface area (TPSA) is 358 Å². The van der Waals surface area contributed by atoms with E-state index in [0.717, 1.165) is 28.6 Å². The highest BCUT2D eigenvalue weighted by Gasteiger charge is 2.17. The van der Waals surface area contributed by atoms with Gasteiger partial charge in [-0.15, -0.1) is 12.4 Å². The number of carbonyl (C=O) groups is 5. The van der Waals surface area contributed by atoms with Crippen molar-refractivity contribution in [2.75, 3.05) is 25.1 Å². The summed E-state index contributed by atoms with van der Waals surface area (Å²) in [5.41, 5.74) is 32.7. The average Bonchev–Trinajstić information content (AvgIpc) is 3.44. The van der Waals surface area contributed by atoms with Crippen LogP contribution in [0.2, 0.25) is 0 Å². The Morgan fingerprint density at radius 3 is 1.67 bits per heavy atom. The van der Waals surface area contributed by atoms with Crippen molar-refractivity contribution in [1.82, 2.24) is 4.98 Å². The average molecular weight is 728 g/mol. The molecule has 0 aliphatic rings. The molecule has 0 amide bonds. The number of carboxylic acids is 5. The third kappa shape index (κ3) is 26.6. The molecule has 0 fully saturated rings. The second-order valence-corrected chi connectivity index (χ2v) is 10.9. The number of fused-ring (bicyclic) bond motifs is 1. The Morgan fingerprint density at radius 2 is 1.29 bits per heavy atom. The van der Waals surface area contributed by atoms with E-state index in [-0.39, 0.29) is 24.9 Å². The van der Waals surface area contributed by atoms with Gasteiger partial charge in [0.15, 0.2) is 0 Å². The van der Waals surface area contributed by atoms with Gasteiger partial charge in [-0.25, -0.2) is 0 Å². The quantitative estimate of drug-likeness (QED) is 0.117. The number of benzene rings is 1. The van der Waals surface area contributed by atoms with Crippen molar-refractivity contribution >= 4 is 64.9 Å². The lowest BCUT2D eigenvalue weighted by Crippen LogP contribution is -2.36. The van der Waals surface area contributed by atoms with Crippen LogP contribution in [0, 0.1) is 5.92 Å². The molecule has 2 unspecified atom stereocenters. The summed E-state index contributed by atoms with van der Waals surface area (Å²) in [5, 5.41) is 42.2. The number of para-hydroxylation sites is 1. The van der Waals surface area contributed by atoms with Crippen molar-refractivity contribution in [3.8, 4) is 0 Å². The molecule has 17 nitrogen and oxygen atoms in total. The van der Waals surface area contributed by atoms with Gasteiger partial charge in [0, 0.05) is 23.5 Å².